The Kier molecular flexibility index (Phi) is 4.66. The normalized spacial score (nSPS) is 23.0. The molecule has 1 aliphatic rings. The molecule has 1 atom stereocenters. The second kappa shape index (κ2) is 5.81. The Bertz CT molecular complexity index is 213. The van der Waals surface area contributed by atoms with Gasteiger partial charge < -0.3 is 9.64 Å². The van der Waals surface area contributed by atoms with E-state index in [9.17, 15) is 4.79 Å². The largest absolute Gasteiger partial charge is 0.381 e. The smallest absolute Gasteiger partial charge is 0.246 e. The molecule has 1 fully saturated rings. The molecule has 1 rings (SSSR count). The van der Waals surface area contributed by atoms with Crippen molar-refractivity contribution >= 4 is 5.91 Å². The van der Waals surface area contributed by atoms with E-state index in [1.54, 1.807) is 19.3 Å². The molecule has 3 nitrogen and oxygen atoms in total. The summed E-state index contributed by atoms with van der Waals surface area (Å²) in [6.45, 7) is 4.50. The zero-order chi connectivity index (χ0) is 10.4. The molecule has 0 N–H and O–H groups in total. The van der Waals surface area contributed by atoms with Crippen LogP contribution < -0.4 is 0 Å². The van der Waals surface area contributed by atoms with E-state index in [2.05, 4.69) is 6.92 Å². The number of hydrogen-bond donors (Lipinski definition) is 0. The minimum Gasteiger partial charge on any atom is -0.381 e. The molecular weight excluding hydrogens is 178 g/mol. The minimum atomic E-state index is 0.119. The molecule has 1 aliphatic heterocycles. The highest BCUT2D eigenvalue weighted by atomic mass is 16.5. The molecule has 0 aromatic heterocycles. The fourth-order valence-electron chi connectivity index (χ4n) is 1.74. The van der Waals surface area contributed by atoms with Crippen LogP contribution in [0.1, 0.15) is 19.8 Å². The minimum absolute atomic E-state index is 0.119. The van der Waals surface area contributed by atoms with E-state index in [-0.39, 0.29) is 5.91 Å². The van der Waals surface area contributed by atoms with Gasteiger partial charge in [0.1, 0.15) is 0 Å². The second-order valence-corrected chi connectivity index (χ2v) is 3.89. The highest BCUT2D eigenvalue weighted by molar-refractivity contribution is 5.87. The van der Waals surface area contributed by atoms with Crippen molar-refractivity contribution in [3.63, 3.8) is 0 Å². The molecule has 0 aromatic carbocycles. The summed E-state index contributed by atoms with van der Waals surface area (Å²) >= 11 is 0. The molecule has 0 spiro atoms. The first-order chi connectivity index (χ1) is 6.74. The molecule has 1 saturated heterocycles. The maximum atomic E-state index is 11.6. The quantitative estimate of drug-likeness (QED) is 0.641. The van der Waals surface area contributed by atoms with Gasteiger partial charge in [0.2, 0.25) is 5.91 Å². The van der Waals surface area contributed by atoms with E-state index in [0.717, 1.165) is 19.5 Å². The van der Waals surface area contributed by atoms with Crippen molar-refractivity contribution in [2.24, 2.45) is 5.92 Å². The van der Waals surface area contributed by atoms with Gasteiger partial charge in [-0.05, 0) is 18.8 Å². The lowest BCUT2D eigenvalue weighted by atomic mass is 10.0. The Morgan fingerprint density at radius 3 is 3.07 bits per heavy atom. The average molecular weight is 197 g/mol. The van der Waals surface area contributed by atoms with E-state index in [4.69, 9.17) is 4.74 Å². The van der Waals surface area contributed by atoms with Gasteiger partial charge >= 0.3 is 0 Å². The topological polar surface area (TPSA) is 29.5 Å². The summed E-state index contributed by atoms with van der Waals surface area (Å²) in [4.78, 5) is 13.5. The van der Waals surface area contributed by atoms with Gasteiger partial charge in [0.25, 0.3) is 0 Å². The van der Waals surface area contributed by atoms with Gasteiger partial charge in [-0.25, -0.2) is 0 Å². The summed E-state index contributed by atoms with van der Waals surface area (Å²) < 4.78 is 4.84. The fourth-order valence-corrected chi connectivity index (χ4v) is 1.74. The number of likely N-dealkylation sites (tertiary alicyclic amines) is 1. The molecule has 0 bridgehead atoms. The van der Waals surface area contributed by atoms with Gasteiger partial charge in [0, 0.05) is 26.3 Å². The summed E-state index contributed by atoms with van der Waals surface area (Å²) in [5.41, 5.74) is 0. The number of carbonyl (C=O) groups excluding carboxylic acids is 1. The molecule has 1 unspecified atom stereocenters. The predicted octanol–water partition coefficient (Wildman–Crippen LogP) is 1.45. The van der Waals surface area contributed by atoms with Crippen molar-refractivity contribution in [2.75, 3.05) is 26.8 Å². The van der Waals surface area contributed by atoms with Crippen LogP contribution in [-0.2, 0) is 9.53 Å². The number of amides is 1. The van der Waals surface area contributed by atoms with Crippen LogP contribution in [0.3, 0.4) is 0 Å². The van der Waals surface area contributed by atoms with Crippen LogP contribution >= 0.6 is 0 Å². The fraction of sp³-hybridized carbons (Fsp3) is 0.727. The molecule has 1 heterocycles. The lowest BCUT2D eigenvalue weighted by Crippen LogP contribution is -2.38. The molecule has 0 radical (unpaired) electrons. The van der Waals surface area contributed by atoms with Gasteiger partial charge in [-0.15, -0.1) is 0 Å². The summed E-state index contributed by atoms with van der Waals surface area (Å²) in [5, 5.41) is 0. The van der Waals surface area contributed by atoms with Crippen LogP contribution in [0.2, 0.25) is 0 Å². The maximum Gasteiger partial charge on any atom is 0.246 e. The highest BCUT2D eigenvalue weighted by Gasteiger charge is 2.18. The summed E-state index contributed by atoms with van der Waals surface area (Å²) in [7, 11) is 1.62. The van der Waals surface area contributed by atoms with Crippen LogP contribution in [0.25, 0.3) is 0 Å². The van der Waals surface area contributed by atoms with Crippen LogP contribution in [-0.4, -0.2) is 37.6 Å². The standard InChI is InChI=1S/C11H19NO2/c1-10-5-3-7-12(9-10)11(13)6-4-8-14-2/h4,6,10H,3,5,7-9H2,1-2H3/b6-4+. The van der Waals surface area contributed by atoms with E-state index in [0.29, 0.717) is 12.5 Å². The van der Waals surface area contributed by atoms with E-state index in [1.165, 1.54) is 6.42 Å². The van der Waals surface area contributed by atoms with Crippen molar-refractivity contribution in [1.82, 2.24) is 4.90 Å². The van der Waals surface area contributed by atoms with Crippen LogP contribution in [0.5, 0.6) is 0 Å². The molecule has 14 heavy (non-hydrogen) atoms. The van der Waals surface area contributed by atoms with Gasteiger partial charge in [-0.2, -0.15) is 0 Å². The predicted molar refractivity (Wildman–Crippen MR) is 56.0 cm³/mol. The van der Waals surface area contributed by atoms with Crippen molar-refractivity contribution in [3.8, 4) is 0 Å². The second-order valence-electron chi connectivity index (χ2n) is 3.89. The van der Waals surface area contributed by atoms with Crippen molar-refractivity contribution in [3.05, 3.63) is 12.2 Å². The van der Waals surface area contributed by atoms with Crippen molar-refractivity contribution in [1.29, 1.82) is 0 Å². The van der Waals surface area contributed by atoms with E-state index >= 15 is 0 Å². The summed E-state index contributed by atoms with van der Waals surface area (Å²) in [6, 6.07) is 0. The Hall–Kier alpha value is -0.830. The SMILES string of the molecule is COC/C=C/C(=O)N1CCCC(C)C1. The first-order valence-corrected chi connectivity index (χ1v) is 5.18. The third kappa shape index (κ3) is 3.50. The zero-order valence-corrected chi connectivity index (χ0v) is 9.03. The Labute approximate surface area is 85.7 Å². The van der Waals surface area contributed by atoms with Crippen molar-refractivity contribution < 1.29 is 9.53 Å². The number of rotatable bonds is 3. The Balaban J connectivity index is 2.35. The number of carbonyl (C=O) groups is 1. The third-order valence-electron chi connectivity index (χ3n) is 2.49. The number of ether oxygens (including phenoxy) is 1. The Morgan fingerprint density at radius 1 is 1.64 bits per heavy atom. The number of piperidine rings is 1. The summed E-state index contributed by atoms with van der Waals surface area (Å²) in [6.07, 6.45) is 5.75. The monoisotopic (exact) mass is 197 g/mol. The molecule has 0 aliphatic carbocycles. The van der Waals surface area contributed by atoms with Gasteiger partial charge in [0.15, 0.2) is 0 Å². The van der Waals surface area contributed by atoms with E-state index in [1.807, 2.05) is 4.90 Å². The number of nitrogens with zero attached hydrogens (tertiary/aromatic N) is 1. The lowest BCUT2D eigenvalue weighted by Gasteiger charge is -2.30. The number of methoxy groups -OCH3 is 1. The summed E-state index contributed by atoms with van der Waals surface area (Å²) in [5.74, 6) is 0.761. The van der Waals surface area contributed by atoms with Crippen LogP contribution in [0.4, 0.5) is 0 Å². The van der Waals surface area contributed by atoms with Gasteiger partial charge in [-0.3, -0.25) is 4.79 Å². The molecule has 0 aromatic rings. The molecule has 1 amide bonds. The Morgan fingerprint density at radius 2 is 2.43 bits per heavy atom. The van der Waals surface area contributed by atoms with Crippen LogP contribution in [0.15, 0.2) is 12.2 Å². The maximum absolute atomic E-state index is 11.6. The number of hydrogen-bond acceptors (Lipinski definition) is 2. The van der Waals surface area contributed by atoms with Crippen molar-refractivity contribution in [2.45, 2.75) is 19.8 Å². The molecule has 80 valence electrons. The molecule has 0 saturated carbocycles. The lowest BCUT2D eigenvalue weighted by molar-refractivity contribution is -0.127. The first-order valence-electron chi connectivity index (χ1n) is 5.18. The first kappa shape index (κ1) is 11.2. The zero-order valence-electron chi connectivity index (χ0n) is 9.03. The van der Waals surface area contributed by atoms with E-state index < -0.39 is 0 Å². The van der Waals surface area contributed by atoms with Gasteiger partial charge in [0.05, 0.1) is 6.61 Å². The van der Waals surface area contributed by atoms with Gasteiger partial charge in [-0.1, -0.05) is 13.0 Å². The van der Waals surface area contributed by atoms with Crippen LogP contribution in [0, 0.1) is 5.92 Å². The average Bonchev–Trinajstić information content (AvgIpc) is 2.18. The highest BCUT2D eigenvalue weighted by Crippen LogP contribution is 2.15. The molecule has 3 heteroatoms. The third-order valence-corrected chi connectivity index (χ3v) is 2.49. The molecular formula is C11H19NO2.